The van der Waals surface area contributed by atoms with Crippen LogP contribution in [0.1, 0.15) is 19.8 Å². The van der Waals surface area contributed by atoms with Crippen LogP contribution < -0.4 is 10.6 Å². The Kier molecular flexibility index (Phi) is 6.67. The van der Waals surface area contributed by atoms with Crippen molar-refractivity contribution in [3.05, 3.63) is 0 Å². The summed E-state index contributed by atoms with van der Waals surface area (Å²) in [7, 11) is 1.73. The summed E-state index contributed by atoms with van der Waals surface area (Å²) in [4.78, 5) is 24.4. The van der Waals surface area contributed by atoms with Gasteiger partial charge < -0.3 is 15.4 Å². The number of carbonyl (C=O) groups excluding carboxylic acids is 2. The van der Waals surface area contributed by atoms with Gasteiger partial charge in [0.2, 0.25) is 11.8 Å². The zero-order valence-electron chi connectivity index (χ0n) is 11.2. The van der Waals surface area contributed by atoms with E-state index in [0.717, 1.165) is 25.9 Å². The van der Waals surface area contributed by atoms with E-state index in [4.69, 9.17) is 4.74 Å². The lowest BCUT2D eigenvalue weighted by Crippen LogP contribution is -2.44. The van der Waals surface area contributed by atoms with Crippen molar-refractivity contribution in [2.24, 2.45) is 0 Å². The first-order chi connectivity index (χ1) is 8.61. The summed E-state index contributed by atoms with van der Waals surface area (Å²) in [5.74, 6) is -0.0675. The van der Waals surface area contributed by atoms with Gasteiger partial charge in [0.15, 0.2) is 0 Å². The Balaban J connectivity index is 2.08. The van der Waals surface area contributed by atoms with Gasteiger partial charge in [-0.1, -0.05) is 0 Å². The molecule has 104 valence electrons. The molecule has 0 radical (unpaired) electrons. The van der Waals surface area contributed by atoms with Gasteiger partial charge in [0.25, 0.3) is 0 Å². The molecule has 1 saturated heterocycles. The van der Waals surface area contributed by atoms with E-state index in [2.05, 4.69) is 15.5 Å². The number of ether oxygens (including phenoxy) is 1. The van der Waals surface area contributed by atoms with E-state index in [0.29, 0.717) is 25.7 Å². The van der Waals surface area contributed by atoms with Gasteiger partial charge in [0.1, 0.15) is 0 Å². The number of amides is 2. The number of piperidine rings is 1. The van der Waals surface area contributed by atoms with Gasteiger partial charge in [-0.05, 0) is 12.8 Å². The van der Waals surface area contributed by atoms with Crippen LogP contribution in [0.15, 0.2) is 0 Å². The predicted molar refractivity (Wildman–Crippen MR) is 68.2 cm³/mol. The molecule has 1 heterocycles. The van der Waals surface area contributed by atoms with Gasteiger partial charge in [-0.15, -0.1) is 0 Å². The van der Waals surface area contributed by atoms with Gasteiger partial charge in [0.05, 0.1) is 12.6 Å². The molecule has 2 N–H and O–H groups in total. The minimum atomic E-state index is -0.0779. The monoisotopic (exact) mass is 257 g/mol. The molecule has 0 atom stereocenters. The second-order valence-corrected chi connectivity index (χ2v) is 4.54. The molecule has 0 spiro atoms. The molecular formula is C12H23N3O3. The number of likely N-dealkylation sites (tertiary alicyclic amines) is 1. The highest BCUT2D eigenvalue weighted by atomic mass is 16.5. The lowest BCUT2D eigenvalue weighted by molar-refractivity contribution is -0.123. The summed E-state index contributed by atoms with van der Waals surface area (Å²) < 4.78 is 5.28. The van der Waals surface area contributed by atoms with Crippen LogP contribution in [0.5, 0.6) is 0 Å². The van der Waals surface area contributed by atoms with Crippen molar-refractivity contribution >= 4 is 11.8 Å². The molecule has 0 saturated carbocycles. The molecule has 0 aromatic carbocycles. The van der Waals surface area contributed by atoms with Crippen molar-refractivity contribution in [1.29, 1.82) is 0 Å². The summed E-state index contributed by atoms with van der Waals surface area (Å²) in [6, 6.07) is 0. The number of nitrogens with zero attached hydrogens (tertiary/aromatic N) is 1. The van der Waals surface area contributed by atoms with Crippen LogP contribution in [0.2, 0.25) is 0 Å². The fourth-order valence-electron chi connectivity index (χ4n) is 2.00. The normalized spacial score (nSPS) is 17.4. The highest BCUT2D eigenvalue weighted by Crippen LogP contribution is 2.11. The zero-order valence-corrected chi connectivity index (χ0v) is 11.2. The standard InChI is InChI=1S/C12H23N3O3/c1-10(16)13-5-6-14-12(17)9-15-7-3-11(18-2)4-8-15/h11H,3-9H2,1-2H3,(H,13,16)(H,14,17). The largest absolute Gasteiger partial charge is 0.381 e. The third-order valence-corrected chi connectivity index (χ3v) is 3.06. The quantitative estimate of drug-likeness (QED) is 0.620. The SMILES string of the molecule is COC1CCN(CC(=O)NCCNC(C)=O)CC1. The van der Waals surface area contributed by atoms with Crippen LogP contribution in [-0.2, 0) is 14.3 Å². The van der Waals surface area contributed by atoms with Crippen LogP contribution in [0.25, 0.3) is 0 Å². The van der Waals surface area contributed by atoms with E-state index in [1.807, 2.05) is 0 Å². The second kappa shape index (κ2) is 8.05. The summed E-state index contributed by atoms with van der Waals surface area (Å²) in [5.41, 5.74) is 0. The Bertz CT molecular complexity index is 276. The molecule has 0 unspecified atom stereocenters. The molecule has 0 aromatic heterocycles. The highest BCUT2D eigenvalue weighted by molar-refractivity contribution is 5.78. The number of hydrogen-bond donors (Lipinski definition) is 2. The third kappa shape index (κ3) is 5.97. The van der Waals surface area contributed by atoms with Crippen molar-refractivity contribution in [2.75, 3.05) is 39.8 Å². The maximum absolute atomic E-state index is 11.6. The Hall–Kier alpha value is -1.14. The number of methoxy groups -OCH3 is 1. The maximum Gasteiger partial charge on any atom is 0.234 e. The Morgan fingerprint density at radius 3 is 2.39 bits per heavy atom. The molecule has 1 aliphatic rings. The van der Waals surface area contributed by atoms with Crippen molar-refractivity contribution in [3.8, 4) is 0 Å². The number of carbonyl (C=O) groups is 2. The average Bonchev–Trinajstić information content (AvgIpc) is 2.35. The molecule has 1 fully saturated rings. The number of hydrogen-bond acceptors (Lipinski definition) is 4. The van der Waals surface area contributed by atoms with Gasteiger partial charge in [-0.25, -0.2) is 0 Å². The third-order valence-electron chi connectivity index (χ3n) is 3.06. The molecule has 1 aliphatic heterocycles. The molecule has 6 nitrogen and oxygen atoms in total. The van der Waals surface area contributed by atoms with Gasteiger partial charge in [0, 0.05) is 40.2 Å². The fraction of sp³-hybridized carbons (Fsp3) is 0.833. The van der Waals surface area contributed by atoms with Crippen molar-refractivity contribution in [2.45, 2.75) is 25.9 Å². The van der Waals surface area contributed by atoms with Crippen molar-refractivity contribution in [1.82, 2.24) is 15.5 Å². The van der Waals surface area contributed by atoms with Crippen LogP contribution >= 0.6 is 0 Å². The Labute approximate surface area is 108 Å². The van der Waals surface area contributed by atoms with E-state index < -0.39 is 0 Å². The molecule has 18 heavy (non-hydrogen) atoms. The van der Waals surface area contributed by atoms with E-state index in [1.165, 1.54) is 6.92 Å². The molecular weight excluding hydrogens is 234 g/mol. The number of nitrogens with one attached hydrogen (secondary N) is 2. The first-order valence-electron chi connectivity index (χ1n) is 6.38. The second-order valence-electron chi connectivity index (χ2n) is 4.54. The first-order valence-corrected chi connectivity index (χ1v) is 6.38. The Morgan fingerprint density at radius 1 is 1.22 bits per heavy atom. The lowest BCUT2D eigenvalue weighted by Gasteiger charge is -2.30. The van der Waals surface area contributed by atoms with Crippen LogP contribution in [0.4, 0.5) is 0 Å². The van der Waals surface area contributed by atoms with E-state index in [1.54, 1.807) is 7.11 Å². The highest BCUT2D eigenvalue weighted by Gasteiger charge is 2.19. The maximum atomic E-state index is 11.6. The van der Waals surface area contributed by atoms with Gasteiger partial charge in [-0.3, -0.25) is 14.5 Å². The average molecular weight is 257 g/mol. The summed E-state index contributed by atoms with van der Waals surface area (Å²) in [5, 5.41) is 5.42. The molecule has 2 amide bonds. The molecule has 0 aliphatic carbocycles. The van der Waals surface area contributed by atoms with Crippen molar-refractivity contribution in [3.63, 3.8) is 0 Å². The molecule has 0 bridgehead atoms. The fourth-order valence-corrected chi connectivity index (χ4v) is 2.00. The van der Waals surface area contributed by atoms with E-state index in [-0.39, 0.29) is 11.8 Å². The smallest absolute Gasteiger partial charge is 0.234 e. The van der Waals surface area contributed by atoms with Crippen LogP contribution in [0, 0.1) is 0 Å². The molecule has 0 aromatic rings. The predicted octanol–water partition coefficient (Wildman–Crippen LogP) is -0.650. The van der Waals surface area contributed by atoms with E-state index in [9.17, 15) is 9.59 Å². The summed E-state index contributed by atoms with van der Waals surface area (Å²) in [6.07, 6.45) is 2.30. The van der Waals surface area contributed by atoms with Gasteiger partial charge in [-0.2, -0.15) is 0 Å². The van der Waals surface area contributed by atoms with E-state index >= 15 is 0 Å². The number of rotatable bonds is 6. The zero-order chi connectivity index (χ0) is 13.4. The summed E-state index contributed by atoms with van der Waals surface area (Å²) >= 11 is 0. The first kappa shape index (κ1) is 14.9. The Morgan fingerprint density at radius 2 is 1.83 bits per heavy atom. The topological polar surface area (TPSA) is 70.7 Å². The molecule has 1 rings (SSSR count). The molecule has 6 heteroatoms. The summed E-state index contributed by atoms with van der Waals surface area (Å²) in [6.45, 7) is 4.65. The van der Waals surface area contributed by atoms with Gasteiger partial charge >= 0.3 is 0 Å². The van der Waals surface area contributed by atoms with Crippen LogP contribution in [-0.4, -0.2) is 62.7 Å². The minimum absolute atomic E-state index is 0.0104. The minimum Gasteiger partial charge on any atom is -0.381 e. The lowest BCUT2D eigenvalue weighted by atomic mass is 10.1. The van der Waals surface area contributed by atoms with Crippen LogP contribution in [0.3, 0.4) is 0 Å². The van der Waals surface area contributed by atoms with Crippen molar-refractivity contribution < 1.29 is 14.3 Å².